The van der Waals surface area contributed by atoms with Crippen molar-refractivity contribution < 1.29 is 14.3 Å². The Hall–Kier alpha value is -3.09. The fourth-order valence-electron chi connectivity index (χ4n) is 5.33. The molecule has 1 aromatic carbocycles. The summed E-state index contributed by atoms with van der Waals surface area (Å²) in [4.78, 5) is 32.4. The van der Waals surface area contributed by atoms with E-state index in [-0.39, 0.29) is 23.9 Å². The third-order valence-corrected chi connectivity index (χ3v) is 7.41. The number of hydrogen-bond acceptors (Lipinski definition) is 5. The zero-order chi connectivity index (χ0) is 24.2. The largest absolute Gasteiger partial charge is 0.496 e. The van der Waals surface area contributed by atoms with E-state index in [1.165, 1.54) is 6.42 Å². The van der Waals surface area contributed by atoms with Crippen molar-refractivity contribution in [3.8, 4) is 5.75 Å². The highest BCUT2D eigenvalue weighted by Gasteiger charge is 2.41. The van der Waals surface area contributed by atoms with Crippen LogP contribution in [0, 0.1) is 12.8 Å². The minimum Gasteiger partial charge on any atom is -0.496 e. The fraction of sp³-hybridized carbons (Fsp3) is 0.519. The summed E-state index contributed by atoms with van der Waals surface area (Å²) in [6.07, 6.45) is 6.72. The number of anilines is 1. The summed E-state index contributed by atoms with van der Waals surface area (Å²) in [7, 11) is 1.62. The van der Waals surface area contributed by atoms with Gasteiger partial charge in [0.2, 0.25) is 0 Å². The Balaban J connectivity index is 1.42. The average molecular weight is 465 g/mol. The Labute approximate surface area is 202 Å². The van der Waals surface area contributed by atoms with Crippen LogP contribution in [0.25, 0.3) is 0 Å². The quantitative estimate of drug-likeness (QED) is 0.645. The van der Waals surface area contributed by atoms with Gasteiger partial charge in [-0.15, -0.1) is 0 Å². The van der Waals surface area contributed by atoms with Gasteiger partial charge in [-0.2, -0.15) is 0 Å². The minimum atomic E-state index is -0.0820. The van der Waals surface area contributed by atoms with Gasteiger partial charge in [0, 0.05) is 42.0 Å². The van der Waals surface area contributed by atoms with Gasteiger partial charge in [-0.25, -0.2) is 4.98 Å². The summed E-state index contributed by atoms with van der Waals surface area (Å²) in [5.74, 6) is 2.04. The molecule has 1 aromatic heterocycles. The molecule has 0 spiro atoms. The highest BCUT2D eigenvalue weighted by molar-refractivity contribution is 5.96. The van der Waals surface area contributed by atoms with Gasteiger partial charge in [-0.3, -0.25) is 9.59 Å². The molecule has 182 valence electrons. The molecule has 2 fully saturated rings. The fourth-order valence-corrected chi connectivity index (χ4v) is 5.33. The Morgan fingerprint density at radius 2 is 2.03 bits per heavy atom. The average Bonchev–Trinajstić information content (AvgIpc) is 3.26. The molecule has 7 nitrogen and oxygen atoms in total. The smallest absolute Gasteiger partial charge is 0.253 e. The molecule has 2 aliphatic rings. The summed E-state index contributed by atoms with van der Waals surface area (Å²) < 4.78 is 5.37. The maximum Gasteiger partial charge on any atom is 0.253 e. The van der Waals surface area contributed by atoms with Gasteiger partial charge < -0.3 is 20.3 Å². The van der Waals surface area contributed by atoms with Gasteiger partial charge >= 0.3 is 0 Å². The third-order valence-electron chi connectivity index (χ3n) is 7.41. The molecule has 1 aliphatic heterocycles. The third kappa shape index (κ3) is 5.03. The molecule has 1 saturated carbocycles. The molecular formula is C27H36N4O3. The molecule has 34 heavy (non-hydrogen) atoms. The van der Waals surface area contributed by atoms with E-state index in [9.17, 15) is 9.59 Å². The number of carbonyl (C=O) groups is 2. The second-order valence-corrected chi connectivity index (χ2v) is 9.63. The molecule has 2 N–H and O–H groups in total. The van der Waals surface area contributed by atoms with Gasteiger partial charge in [0.05, 0.1) is 12.7 Å². The number of carbonyl (C=O) groups excluding carboxylic acids is 2. The lowest BCUT2D eigenvalue weighted by Gasteiger charge is -2.38. The van der Waals surface area contributed by atoms with Crippen molar-refractivity contribution in [2.45, 2.75) is 71.0 Å². The van der Waals surface area contributed by atoms with Crippen molar-refractivity contribution in [1.29, 1.82) is 0 Å². The minimum absolute atomic E-state index is 0.0404. The monoisotopic (exact) mass is 464 g/mol. The molecule has 1 aliphatic carbocycles. The first-order chi connectivity index (χ1) is 16.4. The van der Waals surface area contributed by atoms with Crippen LogP contribution in [0.3, 0.4) is 0 Å². The normalized spacial score (nSPS) is 22.6. The number of hydrogen-bond donors (Lipinski definition) is 2. The standard InChI is InChI=1S/C27H36N4O3/c1-5-17(2)29-26(32)20-11-12-25(28-16-20)31-13-7-8-19-14-21(15-23(19)31)30-27(33)22-9-6-10-24(34-4)18(22)3/h6,9-12,16-17,19,21,23H,5,7-8,13-15H2,1-4H3,(H,29,32)(H,30,33)/t17-,19?,21?,23?/m0/s1. The molecule has 3 unspecified atom stereocenters. The Morgan fingerprint density at radius 3 is 2.74 bits per heavy atom. The number of benzene rings is 1. The number of nitrogens with zero attached hydrogens (tertiary/aromatic N) is 2. The van der Waals surface area contributed by atoms with Crippen molar-refractivity contribution in [3.63, 3.8) is 0 Å². The number of rotatable bonds is 7. The summed E-state index contributed by atoms with van der Waals surface area (Å²) in [6.45, 7) is 6.91. The highest BCUT2D eigenvalue weighted by Crippen LogP contribution is 2.39. The van der Waals surface area contributed by atoms with E-state index >= 15 is 0 Å². The number of piperidine rings is 1. The Morgan fingerprint density at radius 1 is 1.21 bits per heavy atom. The maximum atomic E-state index is 13.0. The van der Waals surface area contributed by atoms with Crippen LogP contribution >= 0.6 is 0 Å². The van der Waals surface area contributed by atoms with Gasteiger partial charge in [0.15, 0.2) is 0 Å². The molecule has 0 radical (unpaired) electrons. The highest BCUT2D eigenvalue weighted by atomic mass is 16.5. The predicted octanol–water partition coefficient (Wildman–Crippen LogP) is 4.10. The van der Waals surface area contributed by atoms with Crippen LogP contribution in [0.2, 0.25) is 0 Å². The second-order valence-electron chi connectivity index (χ2n) is 9.63. The van der Waals surface area contributed by atoms with Crippen LogP contribution in [-0.2, 0) is 0 Å². The predicted molar refractivity (Wildman–Crippen MR) is 134 cm³/mol. The first-order valence-electron chi connectivity index (χ1n) is 12.4. The van der Waals surface area contributed by atoms with E-state index in [0.29, 0.717) is 23.1 Å². The lowest BCUT2D eigenvalue weighted by Crippen LogP contribution is -2.43. The summed E-state index contributed by atoms with van der Waals surface area (Å²) in [5.41, 5.74) is 2.11. The number of aromatic nitrogens is 1. The number of ether oxygens (including phenoxy) is 1. The zero-order valence-electron chi connectivity index (χ0n) is 20.6. The van der Waals surface area contributed by atoms with Crippen LogP contribution in [-0.4, -0.2) is 48.6 Å². The molecule has 2 heterocycles. The van der Waals surface area contributed by atoms with E-state index < -0.39 is 0 Å². The van der Waals surface area contributed by atoms with E-state index in [4.69, 9.17) is 4.74 Å². The number of methoxy groups -OCH3 is 1. The SMILES string of the molecule is CC[C@H](C)NC(=O)c1ccc(N2CCCC3CC(NC(=O)c4cccc(OC)c4C)CC32)nc1. The van der Waals surface area contributed by atoms with Gasteiger partial charge in [-0.05, 0) is 76.1 Å². The van der Waals surface area contributed by atoms with E-state index in [1.54, 1.807) is 13.3 Å². The maximum absolute atomic E-state index is 13.0. The van der Waals surface area contributed by atoms with Crippen molar-refractivity contribution in [2.75, 3.05) is 18.6 Å². The molecule has 7 heteroatoms. The van der Waals surface area contributed by atoms with Gasteiger partial charge in [-0.1, -0.05) is 13.0 Å². The molecule has 1 saturated heterocycles. The van der Waals surface area contributed by atoms with Gasteiger partial charge in [0.25, 0.3) is 11.8 Å². The van der Waals surface area contributed by atoms with Crippen molar-refractivity contribution in [2.24, 2.45) is 5.92 Å². The number of amides is 2. The van der Waals surface area contributed by atoms with Crippen molar-refractivity contribution in [1.82, 2.24) is 15.6 Å². The number of pyridine rings is 1. The molecule has 4 rings (SSSR count). The first-order valence-corrected chi connectivity index (χ1v) is 12.4. The van der Waals surface area contributed by atoms with E-state index in [0.717, 1.165) is 49.4 Å². The van der Waals surface area contributed by atoms with Crippen LogP contribution in [0.1, 0.15) is 72.2 Å². The first kappa shape index (κ1) is 24.0. The Bertz CT molecular complexity index is 1020. The lowest BCUT2D eigenvalue weighted by atomic mass is 9.92. The Kier molecular flexibility index (Phi) is 7.39. The topological polar surface area (TPSA) is 83.6 Å². The van der Waals surface area contributed by atoms with Crippen LogP contribution < -0.4 is 20.3 Å². The van der Waals surface area contributed by atoms with E-state index in [2.05, 4.69) is 20.5 Å². The summed E-state index contributed by atoms with van der Waals surface area (Å²) in [5, 5.41) is 6.26. The molecule has 0 bridgehead atoms. The molecule has 4 atom stereocenters. The van der Waals surface area contributed by atoms with E-state index in [1.807, 2.05) is 51.1 Å². The number of nitrogens with one attached hydrogen (secondary N) is 2. The van der Waals surface area contributed by atoms with Gasteiger partial charge in [0.1, 0.15) is 11.6 Å². The summed E-state index contributed by atoms with van der Waals surface area (Å²) >= 11 is 0. The second kappa shape index (κ2) is 10.5. The molecular weight excluding hydrogens is 428 g/mol. The molecule has 2 aromatic rings. The zero-order valence-corrected chi connectivity index (χ0v) is 20.6. The van der Waals surface area contributed by atoms with Crippen LogP contribution in [0.15, 0.2) is 36.5 Å². The van der Waals surface area contributed by atoms with Crippen molar-refractivity contribution >= 4 is 17.6 Å². The van der Waals surface area contributed by atoms with Crippen LogP contribution in [0.5, 0.6) is 5.75 Å². The lowest BCUT2D eigenvalue weighted by molar-refractivity contribution is 0.0929. The van der Waals surface area contributed by atoms with Crippen molar-refractivity contribution in [3.05, 3.63) is 53.2 Å². The van der Waals surface area contributed by atoms with Crippen LogP contribution in [0.4, 0.5) is 5.82 Å². The summed E-state index contributed by atoms with van der Waals surface area (Å²) in [6, 6.07) is 10.0. The molecule has 2 amide bonds. The number of fused-ring (bicyclic) bond motifs is 1.